The fourth-order valence-corrected chi connectivity index (χ4v) is 3.45. The summed E-state index contributed by atoms with van der Waals surface area (Å²) in [6.07, 6.45) is 2.98. The molecule has 0 aromatic carbocycles. The average molecular weight is 348 g/mol. The van der Waals surface area contributed by atoms with E-state index in [0.29, 0.717) is 31.7 Å². The van der Waals surface area contributed by atoms with Crippen molar-refractivity contribution in [3.05, 3.63) is 27.8 Å². The first kappa shape index (κ1) is 16.6. The van der Waals surface area contributed by atoms with Crippen LogP contribution in [-0.2, 0) is 17.6 Å². The summed E-state index contributed by atoms with van der Waals surface area (Å²) in [7, 11) is 0. The number of anilines is 2. The fourth-order valence-electron chi connectivity index (χ4n) is 2.80. The molecule has 8 nitrogen and oxygen atoms in total. The van der Waals surface area contributed by atoms with Crippen LogP contribution in [0.2, 0.25) is 0 Å². The second-order valence-electron chi connectivity index (χ2n) is 5.63. The van der Waals surface area contributed by atoms with Gasteiger partial charge in [0.25, 0.3) is 0 Å². The second kappa shape index (κ2) is 7.10. The molecule has 0 saturated carbocycles. The van der Waals surface area contributed by atoms with Crippen molar-refractivity contribution in [2.24, 2.45) is 0 Å². The lowest BCUT2D eigenvalue weighted by atomic mass is 10.1. The highest BCUT2D eigenvalue weighted by Gasteiger charge is 2.23. The Morgan fingerprint density at radius 1 is 1.46 bits per heavy atom. The summed E-state index contributed by atoms with van der Waals surface area (Å²) in [5.74, 6) is 0.637. The van der Waals surface area contributed by atoms with E-state index in [1.54, 1.807) is 22.4 Å². The van der Waals surface area contributed by atoms with Crippen LogP contribution in [0.25, 0.3) is 0 Å². The number of thiazole rings is 1. The molecule has 128 valence electrons. The van der Waals surface area contributed by atoms with Crippen molar-refractivity contribution in [3.63, 3.8) is 0 Å². The van der Waals surface area contributed by atoms with E-state index < -0.39 is 6.61 Å². The molecule has 1 atom stereocenters. The first-order chi connectivity index (χ1) is 11.6. The van der Waals surface area contributed by atoms with Crippen LogP contribution in [-0.4, -0.2) is 50.6 Å². The van der Waals surface area contributed by atoms with E-state index >= 15 is 0 Å². The number of nitrogens with two attached hydrogens (primary N) is 1. The zero-order valence-electron chi connectivity index (χ0n) is 13.4. The van der Waals surface area contributed by atoms with Gasteiger partial charge in [0.05, 0.1) is 11.7 Å². The molecule has 0 aliphatic carbocycles. The molecule has 3 rings (SSSR count). The summed E-state index contributed by atoms with van der Waals surface area (Å²) in [4.78, 5) is 26.4. The van der Waals surface area contributed by atoms with Gasteiger partial charge in [-0.15, -0.1) is 11.3 Å². The number of amides is 1. The van der Waals surface area contributed by atoms with Crippen molar-refractivity contribution in [1.29, 1.82) is 0 Å². The summed E-state index contributed by atoms with van der Waals surface area (Å²) in [5, 5.41) is 15.3. The Kier molecular flexibility index (Phi) is 4.91. The maximum absolute atomic E-state index is 11.7. The van der Waals surface area contributed by atoms with Gasteiger partial charge >= 0.3 is 0 Å². The number of nitrogens with zero attached hydrogens (tertiary/aromatic N) is 4. The van der Waals surface area contributed by atoms with E-state index in [9.17, 15) is 4.79 Å². The maximum atomic E-state index is 11.7. The Balaban J connectivity index is 1.85. The van der Waals surface area contributed by atoms with Crippen LogP contribution in [0.3, 0.4) is 0 Å². The largest absolute Gasteiger partial charge is 0.387 e. The Labute approximate surface area is 143 Å². The number of fused-ring (bicyclic) bond motifs is 1. The van der Waals surface area contributed by atoms with E-state index in [0.717, 1.165) is 16.3 Å². The lowest BCUT2D eigenvalue weighted by Gasteiger charge is -2.19. The van der Waals surface area contributed by atoms with Crippen molar-refractivity contribution < 1.29 is 9.90 Å². The SMILES string of the molecule is C[C@H](Nc1nc(N)nc2c1CCN(C(=O)CO)CC2)c1nccs1. The van der Waals surface area contributed by atoms with Crippen molar-refractivity contribution >= 4 is 29.0 Å². The van der Waals surface area contributed by atoms with Crippen molar-refractivity contribution in [1.82, 2.24) is 19.9 Å². The third-order valence-electron chi connectivity index (χ3n) is 4.02. The van der Waals surface area contributed by atoms with Gasteiger partial charge in [-0.3, -0.25) is 4.79 Å². The number of carbonyl (C=O) groups excluding carboxylic acids is 1. The number of aliphatic hydroxyl groups excluding tert-OH is 1. The molecule has 0 fully saturated rings. The highest BCUT2D eigenvalue weighted by molar-refractivity contribution is 7.09. The first-order valence-electron chi connectivity index (χ1n) is 7.78. The number of rotatable bonds is 4. The Bertz CT molecular complexity index is 721. The van der Waals surface area contributed by atoms with Gasteiger partial charge in [0.1, 0.15) is 17.4 Å². The number of hydrogen-bond donors (Lipinski definition) is 3. The molecule has 1 aliphatic rings. The standard InChI is InChI=1S/C15H20N6O2S/c1-9(14-17-4-7-24-14)18-13-10-2-5-21(12(23)8-22)6-3-11(10)19-15(16)20-13/h4,7,9,22H,2-3,5-6,8H2,1H3,(H3,16,18,19,20)/t9-/m0/s1. The summed E-state index contributed by atoms with van der Waals surface area (Å²) in [5.41, 5.74) is 7.68. The smallest absolute Gasteiger partial charge is 0.248 e. The number of aromatic nitrogens is 3. The summed E-state index contributed by atoms with van der Waals surface area (Å²) >= 11 is 1.57. The topological polar surface area (TPSA) is 117 Å². The Morgan fingerprint density at radius 2 is 2.25 bits per heavy atom. The zero-order chi connectivity index (χ0) is 17.1. The number of hydrogen-bond acceptors (Lipinski definition) is 8. The van der Waals surface area contributed by atoms with Gasteiger partial charge in [-0.05, 0) is 13.3 Å². The normalized spacial score (nSPS) is 15.5. The number of aliphatic hydroxyl groups is 1. The predicted molar refractivity (Wildman–Crippen MR) is 91.7 cm³/mol. The van der Waals surface area contributed by atoms with Crippen LogP contribution < -0.4 is 11.1 Å². The molecule has 0 bridgehead atoms. The zero-order valence-corrected chi connectivity index (χ0v) is 14.2. The van der Waals surface area contributed by atoms with Crippen molar-refractivity contribution in [2.75, 3.05) is 30.7 Å². The lowest BCUT2D eigenvalue weighted by molar-refractivity contribution is -0.134. The molecule has 2 aromatic rings. The van der Waals surface area contributed by atoms with Gasteiger partial charge in [-0.1, -0.05) is 0 Å². The molecule has 1 aliphatic heterocycles. The highest BCUT2D eigenvalue weighted by Crippen LogP contribution is 2.26. The molecular weight excluding hydrogens is 328 g/mol. The molecule has 0 saturated heterocycles. The summed E-state index contributed by atoms with van der Waals surface area (Å²) < 4.78 is 0. The van der Waals surface area contributed by atoms with Crippen molar-refractivity contribution in [2.45, 2.75) is 25.8 Å². The van der Waals surface area contributed by atoms with Crippen LogP contribution in [0.15, 0.2) is 11.6 Å². The van der Waals surface area contributed by atoms with Crippen LogP contribution in [0.1, 0.15) is 29.2 Å². The molecule has 3 heterocycles. The number of nitrogens with one attached hydrogen (secondary N) is 1. The van der Waals surface area contributed by atoms with Crippen LogP contribution in [0.5, 0.6) is 0 Å². The van der Waals surface area contributed by atoms with Gasteiger partial charge in [0.15, 0.2) is 0 Å². The number of carbonyl (C=O) groups is 1. The van der Waals surface area contributed by atoms with E-state index in [1.807, 2.05) is 12.3 Å². The fraction of sp³-hybridized carbons (Fsp3) is 0.467. The van der Waals surface area contributed by atoms with Gasteiger partial charge in [0, 0.05) is 36.7 Å². The summed E-state index contributed by atoms with van der Waals surface area (Å²) in [6.45, 7) is 2.59. The average Bonchev–Trinajstić information content (AvgIpc) is 3.02. The molecule has 0 radical (unpaired) electrons. The molecule has 24 heavy (non-hydrogen) atoms. The molecule has 4 N–H and O–H groups in total. The Hall–Kier alpha value is -2.26. The molecule has 9 heteroatoms. The van der Waals surface area contributed by atoms with E-state index in [-0.39, 0.29) is 17.9 Å². The molecule has 0 unspecified atom stereocenters. The van der Waals surface area contributed by atoms with Gasteiger partial charge < -0.3 is 21.1 Å². The quantitative estimate of drug-likeness (QED) is 0.741. The summed E-state index contributed by atoms with van der Waals surface area (Å²) in [6, 6.07) is 0.00169. The maximum Gasteiger partial charge on any atom is 0.248 e. The molecule has 2 aromatic heterocycles. The van der Waals surface area contributed by atoms with Crippen LogP contribution in [0, 0.1) is 0 Å². The van der Waals surface area contributed by atoms with Crippen molar-refractivity contribution in [3.8, 4) is 0 Å². The highest BCUT2D eigenvalue weighted by atomic mass is 32.1. The third kappa shape index (κ3) is 3.46. The van der Waals surface area contributed by atoms with Gasteiger partial charge in [-0.2, -0.15) is 4.98 Å². The van der Waals surface area contributed by atoms with Gasteiger partial charge in [-0.25, -0.2) is 9.97 Å². The van der Waals surface area contributed by atoms with Crippen LogP contribution >= 0.6 is 11.3 Å². The third-order valence-corrected chi connectivity index (χ3v) is 4.98. The van der Waals surface area contributed by atoms with Gasteiger partial charge in [0.2, 0.25) is 11.9 Å². The monoisotopic (exact) mass is 348 g/mol. The molecule has 0 spiro atoms. The lowest BCUT2D eigenvalue weighted by Crippen LogP contribution is -2.35. The number of nitrogen functional groups attached to an aromatic ring is 1. The Morgan fingerprint density at radius 3 is 2.96 bits per heavy atom. The minimum absolute atomic E-state index is 0.00169. The first-order valence-corrected chi connectivity index (χ1v) is 8.66. The van der Waals surface area contributed by atoms with E-state index in [4.69, 9.17) is 10.8 Å². The molecular formula is C15H20N6O2S. The minimum Gasteiger partial charge on any atom is -0.387 e. The van der Waals surface area contributed by atoms with Crippen LogP contribution in [0.4, 0.5) is 11.8 Å². The van der Waals surface area contributed by atoms with E-state index in [2.05, 4.69) is 20.3 Å². The second-order valence-corrected chi connectivity index (χ2v) is 6.56. The predicted octanol–water partition coefficient (Wildman–Crippen LogP) is 0.608. The molecule has 1 amide bonds. The van der Waals surface area contributed by atoms with E-state index in [1.165, 1.54) is 0 Å². The minimum atomic E-state index is -0.476.